The van der Waals surface area contributed by atoms with Crippen LogP contribution in [0.2, 0.25) is 10.0 Å². The number of carbonyl (C=O) groups is 1. The smallest absolute Gasteiger partial charge is 0.269 e. The third-order valence-electron chi connectivity index (χ3n) is 3.59. The number of carbonyl (C=O) groups excluding carboxylic acids is 1. The van der Waals surface area contributed by atoms with Crippen LogP contribution in [0.3, 0.4) is 0 Å². The van der Waals surface area contributed by atoms with Gasteiger partial charge < -0.3 is 0 Å². The molecule has 2 aromatic carbocycles. The monoisotopic (exact) mass is 391 g/mol. The van der Waals surface area contributed by atoms with Gasteiger partial charge >= 0.3 is 0 Å². The van der Waals surface area contributed by atoms with Crippen LogP contribution in [0, 0.1) is 10.1 Å². The van der Waals surface area contributed by atoms with Crippen LogP contribution >= 0.6 is 23.2 Å². The summed E-state index contributed by atoms with van der Waals surface area (Å²) < 4.78 is 0. The summed E-state index contributed by atoms with van der Waals surface area (Å²) in [6.45, 7) is 1.61. The van der Waals surface area contributed by atoms with Crippen molar-refractivity contribution >= 4 is 51.9 Å². The number of amides is 1. The Bertz CT molecular complexity index is 961. The highest BCUT2D eigenvalue weighted by Gasteiger charge is 2.36. The number of hydrogen-bond acceptors (Lipinski definition) is 6. The van der Waals surface area contributed by atoms with Gasteiger partial charge in [-0.1, -0.05) is 35.3 Å². The van der Waals surface area contributed by atoms with Crippen molar-refractivity contribution in [1.29, 1.82) is 0 Å². The van der Waals surface area contributed by atoms with Gasteiger partial charge in [-0.3, -0.25) is 14.9 Å². The third kappa shape index (κ3) is 3.42. The first-order valence-electron chi connectivity index (χ1n) is 7.37. The first-order chi connectivity index (χ1) is 12.4. The Balaban J connectivity index is 1.90. The number of hydrogen-bond donors (Lipinski definition) is 0. The summed E-state index contributed by atoms with van der Waals surface area (Å²) in [7, 11) is 0. The number of halogens is 2. The predicted octanol–water partition coefficient (Wildman–Crippen LogP) is 4.78. The van der Waals surface area contributed by atoms with E-state index in [9.17, 15) is 14.9 Å². The third-order valence-corrected chi connectivity index (χ3v) is 4.15. The average molecular weight is 392 g/mol. The highest BCUT2D eigenvalue weighted by atomic mass is 35.5. The van der Waals surface area contributed by atoms with Gasteiger partial charge in [0.15, 0.2) is 11.7 Å². The maximum absolute atomic E-state index is 12.6. The normalized spacial score (nSPS) is 17.0. The number of para-hydroxylation sites is 1. The molecule has 10 heteroatoms. The summed E-state index contributed by atoms with van der Waals surface area (Å²) in [4.78, 5) is 23.1. The molecule has 132 valence electrons. The van der Waals surface area contributed by atoms with Crippen LogP contribution in [0.25, 0.3) is 0 Å². The SMILES string of the molecule is CC1=NN(c2cc(Cl)ccc2Cl)C(=O)C1N=Nc1ccccc1[N+](=O)[O-]. The fourth-order valence-electron chi connectivity index (χ4n) is 2.33. The van der Waals surface area contributed by atoms with E-state index in [0.717, 1.165) is 5.01 Å². The quantitative estimate of drug-likeness (QED) is 0.425. The van der Waals surface area contributed by atoms with Crippen molar-refractivity contribution in [2.24, 2.45) is 15.3 Å². The number of hydrazone groups is 1. The molecule has 3 rings (SSSR count). The Hall–Kier alpha value is -2.84. The lowest BCUT2D eigenvalue weighted by Crippen LogP contribution is -2.29. The molecule has 0 fully saturated rings. The topological polar surface area (TPSA) is 101 Å². The Kier molecular flexibility index (Phi) is 4.97. The van der Waals surface area contributed by atoms with Crippen LogP contribution < -0.4 is 5.01 Å². The minimum Gasteiger partial charge on any atom is -0.269 e. The summed E-state index contributed by atoms with van der Waals surface area (Å²) in [5, 5.41) is 24.8. The summed E-state index contributed by atoms with van der Waals surface area (Å²) in [6, 6.07) is 9.54. The fourth-order valence-corrected chi connectivity index (χ4v) is 2.70. The van der Waals surface area contributed by atoms with Gasteiger partial charge in [-0.05, 0) is 31.2 Å². The largest absolute Gasteiger partial charge is 0.296 e. The Morgan fingerprint density at radius 2 is 1.96 bits per heavy atom. The number of azo groups is 1. The van der Waals surface area contributed by atoms with E-state index in [1.54, 1.807) is 25.1 Å². The molecule has 0 saturated carbocycles. The van der Waals surface area contributed by atoms with Crippen molar-refractivity contribution in [2.45, 2.75) is 13.0 Å². The Morgan fingerprint density at radius 1 is 1.23 bits per heavy atom. The molecular weight excluding hydrogens is 381 g/mol. The van der Waals surface area contributed by atoms with Gasteiger partial charge in [0.2, 0.25) is 0 Å². The van der Waals surface area contributed by atoms with Crippen molar-refractivity contribution in [2.75, 3.05) is 5.01 Å². The molecular formula is C16H11Cl2N5O3. The molecule has 0 bridgehead atoms. The second kappa shape index (κ2) is 7.19. The molecule has 8 nitrogen and oxygen atoms in total. The van der Waals surface area contributed by atoms with E-state index in [-0.39, 0.29) is 11.4 Å². The van der Waals surface area contributed by atoms with E-state index in [1.165, 1.54) is 24.3 Å². The first-order valence-corrected chi connectivity index (χ1v) is 8.12. The number of nitrogens with zero attached hydrogens (tertiary/aromatic N) is 5. The highest BCUT2D eigenvalue weighted by Crippen LogP contribution is 2.33. The zero-order valence-electron chi connectivity index (χ0n) is 13.3. The van der Waals surface area contributed by atoms with E-state index in [4.69, 9.17) is 23.2 Å². The molecule has 2 aromatic rings. The van der Waals surface area contributed by atoms with Crippen LogP contribution in [-0.4, -0.2) is 22.6 Å². The first kappa shape index (κ1) is 18.0. The second-order valence-electron chi connectivity index (χ2n) is 5.35. The Labute approximate surface area is 157 Å². The van der Waals surface area contributed by atoms with Crippen molar-refractivity contribution in [3.05, 3.63) is 62.6 Å². The highest BCUT2D eigenvalue weighted by molar-refractivity contribution is 6.36. The van der Waals surface area contributed by atoms with Crippen molar-refractivity contribution in [3.63, 3.8) is 0 Å². The van der Waals surface area contributed by atoms with Gasteiger partial charge in [0.25, 0.3) is 11.6 Å². The lowest BCUT2D eigenvalue weighted by atomic mass is 10.2. The zero-order chi connectivity index (χ0) is 18.8. The standard InChI is InChI=1S/C16H11Cl2N5O3/c1-9-15(20-19-12-4-2-3-5-13(12)23(25)26)16(24)22(21-9)14-8-10(17)6-7-11(14)18/h2-8,15H,1H3. The predicted molar refractivity (Wildman–Crippen MR) is 98.5 cm³/mol. The maximum Gasteiger partial charge on any atom is 0.296 e. The second-order valence-corrected chi connectivity index (χ2v) is 6.19. The van der Waals surface area contributed by atoms with Crippen molar-refractivity contribution in [1.82, 2.24) is 0 Å². The number of rotatable bonds is 4. The van der Waals surface area contributed by atoms with Gasteiger partial charge in [0, 0.05) is 11.1 Å². The van der Waals surface area contributed by atoms with Gasteiger partial charge in [0.1, 0.15) is 0 Å². The zero-order valence-corrected chi connectivity index (χ0v) is 14.8. The Morgan fingerprint density at radius 3 is 2.69 bits per heavy atom. The fraction of sp³-hybridized carbons (Fsp3) is 0.125. The number of anilines is 1. The molecule has 1 aliphatic heterocycles. The molecule has 1 aliphatic rings. The van der Waals surface area contributed by atoms with Gasteiger partial charge in [0.05, 0.1) is 21.3 Å². The lowest BCUT2D eigenvalue weighted by Gasteiger charge is -2.14. The summed E-state index contributed by atoms with van der Waals surface area (Å²) in [6.07, 6.45) is 0. The molecule has 1 unspecified atom stereocenters. The van der Waals surface area contributed by atoms with E-state index >= 15 is 0 Å². The number of benzene rings is 2. The molecule has 1 amide bonds. The van der Waals surface area contributed by atoms with Crippen LogP contribution in [0.4, 0.5) is 17.1 Å². The van der Waals surface area contributed by atoms with E-state index in [0.29, 0.717) is 21.4 Å². The van der Waals surface area contributed by atoms with Crippen LogP contribution in [0.1, 0.15) is 6.92 Å². The molecule has 0 aliphatic carbocycles. The van der Waals surface area contributed by atoms with E-state index < -0.39 is 16.9 Å². The molecule has 26 heavy (non-hydrogen) atoms. The van der Waals surface area contributed by atoms with E-state index in [1.807, 2.05) is 0 Å². The molecule has 0 aromatic heterocycles. The van der Waals surface area contributed by atoms with Crippen LogP contribution in [-0.2, 0) is 4.79 Å². The maximum atomic E-state index is 12.6. The van der Waals surface area contributed by atoms with Crippen molar-refractivity contribution in [3.8, 4) is 0 Å². The molecule has 0 radical (unpaired) electrons. The molecule has 0 saturated heterocycles. The van der Waals surface area contributed by atoms with Crippen LogP contribution in [0.5, 0.6) is 0 Å². The van der Waals surface area contributed by atoms with E-state index in [2.05, 4.69) is 15.3 Å². The van der Waals surface area contributed by atoms with Gasteiger partial charge in [-0.2, -0.15) is 15.2 Å². The summed E-state index contributed by atoms with van der Waals surface area (Å²) in [5.41, 5.74) is 0.559. The average Bonchev–Trinajstić information content (AvgIpc) is 2.89. The van der Waals surface area contributed by atoms with Crippen LogP contribution in [0.15, 0.2) is 57.8 Å². The molecule has 0 N–H and O–H groups in total. The van der Waals surface area contributed by atoms with Crippen molar-refractivity contribution < 1.29 is 9.72 Å². The lowest BCUT2D eigenvalue weighted by molar-refractivity contribution is -0.384. The number of nitro benzene ring substituents is 1. The minimum atomic E-state index is -0.996. The molecule has 0 spiro atoms. The minimum absolute atomic E-state index is 0.0531. The van der Waals surface area contributed by atoms with Gasteiger partial charge in [-0.25, -0.2) is 0 Å². The van der Waals surface area contributed by atoms with Gasteiger partial charge in [-0.15, -0.1) is 5.11 Å². The number of nitro groups is 1. The molecule has 1 heterocycles. The summed E-state index contributed by atoms with van der Waals surface area (Å²) >= 11 is 12.1. The molecule has 1 atom stereocenters. The summed E-state index contributed by atoms with van der Waals surface area (Å²) in [5.74, 6) is -0.478.